The van der Waals surface area contributed by atoms with Crippen LogP contribution in [0.1, 0.15) is 39.5 Å². The number of carbonyl (C=O) groups is 1. The first kappa shape index (κ1) is 14.5. The van der Waals surface area contributed by atoms with Crippen LogP contribution in [0.15, 0.2) is 0 Å². The molecule has 1 amide bonds. The van der Waals surface area contributed by atoms with Gasteiger partial charge in [-0.25, -0.2) is 0 Å². The van der Waals surface area contributed by atoms with Crippen LogP contribution in [0.3, 0.4) is 0 Å². The minimum Gasteiger partial charge on any atom is -0.396 e. The minimum absolute atomic E-state index is 0.0499. The van der Waals surface area contributed by atoms with E-state index < -0.39 is 5.60 Å². The highest BCUT2D eigenvalue weighted by Gasteiger charge is 2.33. The van der Waals surface area contributed by atoms with Crippen molar-refractivity contribution in [3.8, 4) is 0 Å². The van der Waals surface area contributed by atoms with Crippen molar-refractivity contribution in [3.63, 3.8) is 0 Å². The number of carbonyl (C=O) groups excluding carboxylic acids is 1. The van der Waals surface area contributed by atoms with Crippen LogP contribution in [0, 0.1) is 11.8 Å². The van der Waals surface area contributed by atoms with Crippen molar-refractivity contribution in [2.75, 3.05) is 20.3 Å². The van der Waals surface area contributed by atoms with E-state index in [0.717, 1.165) is 19.3 Å². The maximum atomic E-state index is 12.0. The summed E-state index contributed by atoms with van der Waals surface area (Å²) in [6.45, 7) is 4.63. The SMILES string of the molecule is CCC(C)(OC)C(=O)NCC1CCCC1CO. The Hall–Kier alpha value is -0.610. The lowest BCUT2D eigenvalue weighted by Gasteiger charge is -2.27. The molecule has 1 fully saturated rings. The fourth-order valence-corrected chi connectivity index (χ4v) is 2.43. The Labute approximate surface area is 104 Å². The molecule has 3 atom stereocenters. The first-order valence-electron chi connectivity index (χ1n) is 6.51. The second kappa shape index (κ2) is 6.36. The summed E-state index contributed by atoms with van der Waals surface area (Å²) in [6, 6.07) is 0. The zero-order chi connectivity index (χ0) is 12.9. The molecule has 4 nitrogen and oxygen atoms in total. The molecule has 0 radical (unpaired) electrons. The number of rotatable bonds is 6. The van der Waals surface area contributed by atoms with Crippen molar-refractivity contribution in [1.82, 2.24) is 5.32 Å². The minimum atomic E-state index is -0.729. The summed E-state index contributed by atoms with van der Waals surface area (Å²) in [5.74, 6) is 0.721. The van der Waals surface area contributed by atoms with Crippen LogP contribution in [0.5, 0.6) is 0 Å². The molecule has 2 N–H and O–H groups in total. The van der Waals surface area contributed by atoms with Crippen molar-refractivity contribution < 1.29 is 14.6 Å². The fourth-order valence-electron chi connectivity index (χ4n) is 2.43. The Morgan fingerprint density at radius 1 is 1.47 bits per heavy atom. The van der Waals surface area contributed by atoms with Crippen LogP contribution in [-0.2, 0) is 9.53 Å². The van der Waals surface area contributed by atoms with Crippen LogP contribution in [0.25, 0.3) is 0 Å². The molecule has 0 bridgehead atoms. The number of nitrogens with one attached hydrogen (secondary N) is 1. The van der Waals surface area contributed by atoms with Gasteiger partial charge < -0.3 is 15.2 Å². The number of amides is 1. The highest BCUT2D eigenvalue weighted by Crippen LogP contribution is 2.30. The average molecular weight is 243 g/mol. The lowest BCUT2D eigenvalue weighted by molar-refractivity contribution is -0.142. The Morgan fingerprint density at radius 2 is 2.12 bits per heavy atom. The molecule has 17 heavy (non-hydrogen) atoms. The Bertz CT molecular complexity index is 251. The van der Waals surface area contributed by atoms with E-state index in [9.17, 15) is 9.90 Å². The number of hydrogen-bond acceptors (Lipinski definition) is 3. The number of methoxy groups -OCH3 is 1. The van der Waals surface area contributed by atoms with E-state index in [2.05, 4.69) is 5.32 Å². The molecule has 1 saturated carbocycles. The summed E-state index contributed by atoms with van der Waals surface area (Å²) in [5.41, 5.74) is -0.729. The Balaban J connectivity index is 2.42. The summed E-state index contributed by atoms with van der Waals surface area (Å²) in [6.07, 6.45) is 3.98. The molecule has 1 rings (SSSR count). The molecule has 1 aliphatic rings. The standard InChI is InChI=1S/C13H25NO3/c1-4-13(2,17-3)12(16)14-8-10-6-5-7-11(10)9-15/h10-11,15H,4-9H2,1-3H3,(H,14,16). The molecular weight excluding hydrogens is 218 g/mol. The summed E-state index contributed by atoms with van der Waals surface area (Å²) in [4.78, 5) is 12.0. The van der Waals surface area contributed by atoms with Crippen LogP contribution in [0.4, 0.5) is 0 Å². The Kier molecular flexibility index (Phi) is 5.40. The molecule has 0 heterocycles. The van der Waals surface area contributed by atoms with Gasteiger partial charge in [0.2, 0.25) is 0 Å². The number of aliphatic hydroxyl groups is 1. The predicted molar refractivity (Wildman–Crippen MR) is 66.6 cm³/mol. The number of hydrogen-bond donors (Lipinski definition) is 2. The molecule has 0 aromatic heterocycles. The molecule has 4 heteroatoms. The van der Waals surface area contributed by atoms with Gasteiger partial charge in [0.25, 0.3) is 5.91 Å². The van der Waals surface area contributed by atoms with E-state index in [1.165, 1.54) is 0 Å². The van der Waals surface area contributed by atoms with Gasteiger partial charge >= 0.3 is 0 Å². The summed E-state index contributed by atoms with van der Waals surface area (Å²) < 4.78 is 5.26. The van der Waals surface area contributed by atoms with Gasteiger partial charge in [-0.1, -0.05) is 13.3 Å². The summed E-state index contributed by atoms with van der Waals surface area (Å²) >= 11 is 0. The van der Waals surface area contributed by atoms with Crippen LogP contribution in [0.2, 0.25) is 0 Å². The smallest absolute Gasteiger partial charge is 0.251 e. The summed E-state index contributed by atoms with van der Waals surface area (Å²) in [7, 11) is 1.56. The van der Waals surface area contributed by atoms with Crippen LogP contribution < -0.4 is 5.32 Å². The molecule has 100 valence electrons. The van der Waals surface area contributed by atoms with E-state index in [0.29, 0.717) is 24.8 Å². The van der Waals surface area contributed by atoms with Crippen molar-refractivity contribution in [2.45, 2.75) is 45.1 Å². The van der Waals surface area contributed by atoms with Gasteiger partial charge in [0.15, 0.2) is 0 Å². The Morgan fingerprint density at radius 3 is 2.65 bits per heavy atom. The molecule has 0 saturated heterocycles. The first-order valence-corrected chi connectivity index (χ1v) is 6.51. The molecule has 0 aromatic carbocycles. The third-order valence-electron chi connectivity index (χ3n) is 4.18. The zero-order valence-corrected chi connectivity index (χ0v) is 11.2. The molecule has 1 aliphatic carbocycles. The van der Waals surface area contributed by atoms with Crippen LogP contribution in [-0.4, -0.2) is 36.9 Å². The average Bonchev–Trinajstić information content (AvgIpc) is 2.82. The van der Waals surface area contributed by atoms with E-state index in [4.69, 9.17) is 4.74 Å². The van der Waals surface area contributed by atoms with Crippen molar-refractivity contribution in [3.05, 3.63) is 0 Å². The van der Waals surface area contributed by atoms with Gasteiger partial charge in [-0.3, -0.25) is 4.79 Å². The number of ether oxygens (including phenoxy) is 1. The second-order valence-corrected chi connectivity index (χ2v) is 5.13. The highest BCUT2D eigenvalue weighted by molar-refractivity contribution is 5.84. The topological polar surface area (TPSA) is 58.6 Å². The van der Waals surface area contributed by atoms with E-state index in [-0.39, 0.29) is 12.5 Å². The van der Waals surface area contributed by atoms with Crippen molar-refractivity contribution in [2.24, 2.45) is 11.8 Å². The van der Waals surface area contributed by atoms with Crippen molar-refractivity contribution >= 4 is 5.91 Å². The van der Waals surface area contributed by atoms with Gasteiger partial charge in [0.05, 0.1) is 0 Å². The number of aliphatic hydroxyl groups excluding tert-OH is 1. The van der Waals surface area contributed by atoms with Gasteiger partial charge in [-0.05, 0) is 38.0 Å². The largest absolute Gasteiger partial charge is 0.396 e. The predicted octanol–water partition coefficient (Wildman–Crippen LogP) is 1.33. The lowest BCUT2D eigenvalue weighted by Crippen LogP contribution is -2.47. The third kappa shape index (κ3) is 3.42. The highest BCUT2D eigenvalue weighted by atomic mass is 16.5. The molecule has 0 spiro atoms. The monoisotopic (exact) mass is 243 g/mol. The van der Waals surface area contributed by atoms with Gasteiger partial charge in [-0.2, -0.15) is 0 Å². The molecule has 3 unspecified atom stereocenters. The zero-order valence-electron chi connectivity index (χ0n) is 11.2. The van der Waals surface area contributed by atoms with Gasteiger partial charge in [0.1, 0.15) is 5.60 Å². The normalized spacial score (nSPS) is 27.8. The molecular formula is C13H25NO3. The molecule has 0 aliphatic heterocycles. The van der Waals surface area contributed by atoms with E-state index in [1.54, 1.807) is 14.0 Å². The second-order valence-electron chi connectivity index (χ2n) is 5.13. The maximum absolute atomic E-state index is 12.0. The lowest BCUT2D eigenvalue weighted by atomic mass is 9.96. The van der Waals surface area contributed by atoms with Crippen molar-refractivity contribution in [1.29, 1.82) is 0 Å². The fraction of sp³-hybridized carbons (Fsp3) is 0.923. The van der Waals surface area contributed by atoms with Crippen LogP contribution >= 0.6 is 0 Å². The van der Waals surface area contributed by atoms with Gasteiger partial charge in [0, 0.05) is 20.3 Å². The summed E-state index contributed by atoms with van der Waals surface area (Å²) in [5, 5.41) is 12.2. The quantitative estimate of drug-likeness (QED) is 0.740. The third-order valence-corrected chi connectivity index (χ3v) is 4.18. The van der Waals surface area contributed by atoms with E-state index >= 15 is 0 Å². The van der Waals surface area contributed by atoms with E-state index in [1.807, 2.05) is 6.92 Å². The first-order chi connectivity index (χ1) is 8.07. The molecule has 0 aromatic rings. The maximum Gasteiger partial charge on any atom is 0.251 e. The van der Waals surface area contributed by atoms with Gasteiger partial charge in [-0.15, -0.1) is 0 Å².